The molecular weight excluding hydrogens is 544 g/mol. The van der Waals surface area contributed by atoms with Crippen LogP contribution in [0.25, 0.3) is 0 Å². The molecule has 0 aliphatic carbocycles. The Morgan fingerprint density at radius 2 is 1.78 bits per heavy atom. The van der Waals surface area contributed by atoms with Crippen LogP contribution in [0.15, 0.2) is 47.0 Å². The van der Waals surface area contributed by atoms with Gasteiger partial charge >= 0.3 is 6.18 Å². The van der Waals surface area contributed by atoms with Crippen LogP contribution in [-0.4, -0.2) is 66.0 Å². The number of anilines is 3. The number of rotatable bonds is 5. The van der Waals surface area contributed by atoms with Gasteiger partial charge in [0.2, 0.25) is 5.76 Å². The number of oxazole rings is 1. The summed E-state index contributed by atoms with van der Waals surface area (Å²) in [6.07, 6.45) is -1.14. The Morgan fingerprint density at radius 3 is 2.49 bits per heavy atom. The maximum atomic E-state index is 14.1. The minimum absolute atomic E-state index is 0.0252. The molecule has 4 heterocycles. The largest absolute Gasteiger partial charge is 0.437 e. The van der Waals surface area contributed by atoms with E-state index in [9.17, 15) is 27.2 Å². The molecule has 218 valence electrons. The molecule has 0 spiro atoms. The monoisotopic (exact) mass is 574 g/mol. The summed E-state index contributed by atoms with van der Waals surface area (Å²) in [6.45, 7) is 4.84. The highest BCUT2D eigenvalue weighted by Crippen LogP contribution is 2.35. The van der Waals surface area contributed by atoms with Crippen LogP contribution in [0.3, 0.4) is 0 Å². The quantitative estimate of drug-likeness (QED) is 0.426. The number of carbonyl (C=O) groups excluding carboxylic acids is 2. The molecule has 9 nitrogen and oxygen atoms in total. The second-order valence-electron chi connectivity index (χ2n) is 10.3. The fraction of sp³-hybridized carbons (Fsp3) is 0.429. The number of piperidine rings is 1. The molecule has 1 N–H and O–H groups in total. The van der Waals surface area contributed by atoms with Crippen LogP contribution in [-0.2, 0) is 6.18 Å². The summed E-state index contributed by atoms with van der Waals surface area (Å²) in [5, 5.41) is 2.42. The number of hydrogen-bond donors (Lipinski definition) is 1. The number of hydrogen-bond acceptors (Lipinski definition) is 7. The number of nitrogens with zero attached hydrogens (tertiary/aromatic N) is 5. The predicted molar refractivity (Wildman–Crippen MR) is 143 cm³/mol. The number of amides is 2. The lowest BCUT2D eigenvalue weighted by molar-refractivity contribution is -0.141. The summed E-state index contributed by atoms with van der Waals surface area (Å²) in [6, 6.07) is 8.81. The topological polar surface area (TPSA) is 94.8 Å². The molecule has 2 aromatic heterocycles. The second-order valence-corrected chi connectivity index (χ2v) is 10.3. The number of benzene rings is 1. The fourth-order valence-electron chi connectivity index (χ4n) is 5.14. The minimum atomic E-state index is -4.87. The van der Waals surface area contributed by atoms with Crippen molar-refractivity contribution in [3.8, 4) is 0 Å². The third-order valence-corrected chi connectivity index (χ3v) is 7.24. The molecule has 5 rings (SSSR count). The van der Waals surface area contributed by atoms with Crippen LogP contribution in [0.2, 0.25) is 0 Å². The van der Waals surface area contributed by atoms with Crippen molar-refractivity contribution in [1.82, 2.24) is 14.9 Å². The molecule has 1 unspecified atom stereocenters. The Kier molecular flexibility index (Phi) is 8.13. The Morgan fingerprint density at radius 1 is 1.00 bits per heavy atom. The van der Waals surface area contributed by atoms with Gasteiger partial charge in [-0.2, -0.15) is 18.2 Å². The van der Waals surface area contributed by atoms with Crippen molar-refractivity contribution in [3.05, 3.63) is 65.4 Å². The molecule has 0 bridgehead atoms. The first-order valence-electron chi connectivity index (χ1n) is 13.5. The molecule has 3 aromatic rings. The van der Waals surface area contributed by atoms with Crippen molar-refractivity contribution in [2.45, 2.75) is 32.4 Å². The number of halogens is 4. The Hall–Kier alpha value is -4.16. The molecule has 0 radical (unpaired) electrons. The van der Waals surface area contributed by atoms with Crippen LogP contribution >= 0.6 is 0 Å². The van der Waals surface area contributed by atoms with Gasteiger partial charge in [-0.3, -0.25) is 9.59 Å². The lowest BCUT2D eigenvalue weighted by Gasteiger charge is -2.29. The maximum Gasteiger partial charge on any atom is 0.437 e. The van der Waals surface area contributed by atoms with Gasteiger partial charge in [-0.1, -0.05) is 19.1 Å². The summed E-state index contributed by atoms with van der Waals surface area (Å²) in [5.41, 5.74) is -1.16. The van der Waals surface area contributed by atoms with Gasteiger partial charge in [-0.05, 0) is 49.4 Å². The van der Waals surface area contributed by atoms with Gasteiger partial charge in [0.15, 0.2) is 5.69 Å². The zero-order valence-corrected chi connectivity index (χ0v) is 22.5. The van der Waals surface area contributed by atoms with Gasteiger partial charge in [0.05, 0.1) is 17.4 Å². The summed E-state index contributed by atoms with van der Waals surface area (Å²) in [4.78, 5) is 38.8. The minimum Gasteiger partial charge on any atom is -0.417 e. The SMILES string of the molecule is CC1CCCN(c2nc(C(F)(F)F)c(C(=O)Nc3ccc(N4CCCN(C(=O)c5ccccc5F)CC4)nc3)o2)C1. The first-order chi connectivity index (χ1) is 19.6. The van der Waals surface area contributed by atoms with E-state index < -0.39 is 29.4 Å². The van der Waals surface area contributed by atoms with Gasteiger partial charge in [0.1, 0.15) is 11.6 Å². The molecular formula is C28H30F4N6O3. The van der Waals surface area contributed by atoms with Gasteiger partial charge in [0, 0.05) is 39.3 Å². The van der Waals surface area contributed by atoms with E-state index in [0.29, 0.717) is 51.5 Å². The molecule has 41 heavy (non-hydrogen) atoms. The zero-order valence-electron chi connectivity index (χ0n) is 22.5. The number of carbonyl (C=O) groups is 2. The van der Waals surface area contributed by atoms with Gasteiger partial charge in [-0.15, -0.1) is 0 Å². The smallest absolute Gasteiger partial charge is 0.417 e. The standard InChI is InChI=1S/C28H30F4N6O3/c1-18-6-4-11-38(17-18)27-35-24(28(30,31)32)23(41-27)25(39)34-19-9-10-22(33-16-19)36-12-5-13-37(15-14-36)26(40)20-7-2-3-8-21(20)29/h2-3,7-10,16,18H,4-6,11-15,17H2,1H3,(H,34,39). The molecule has 0 saturated carbocycles. The molecule has 2 aliphatic rings. The van der Waals surface area contributed by atoms with Crippen molar-refractivity contribution in [3.63, 3.8) is 0 Å². The highest BCUT2D eigenvalue weighted by Gasteiger charge is 2.42. The van der Waals surface area contributed by atoms with E-state index >= 15 is 0 Å². The highest BCUT2D eigenvalue weighted by atomic mass is 19.4. The maximum absolute atomic E-state index is 14.1. The Bertz CT molecular complexity index is 1390. The average molecular weight is 575 g/mol. The van der Waals surface area contributed by atoms with Crippen molar-refractivity contribution in [2.75, 3.05) is 54.4 Å². The van der Waals surface area contributed by atoms with Crippen molar-refractivity contribution >= 4 is 29.3 Å². The van der Waals surface area contributed by atoms with Gasteiger partial charge in [0.25, 0.3) is 17.8 Å². The van der Waals surface area contributed by atoms with Crippen molar-refractivity contribution < 1.29 is 31.6 Å². The van der Waals surface area contributed by atoms with E-state index in [1.807, 2.05) is 11.8 Å². The molecule has 2 saturated heterocycles. The van der Waals surface area contributed by atoms with Crippen LogP contribution in [0.5, 0.6) is 0 Å². The predicted octanol–water partition coefficient (Wildman–Crippen LogP) is 5.07. The molecule has 2 fully saturated rings. The summed E-state index contributed by atoms with van der Waals surface area (Å²) >= 11 is 0. The van der Waals surface area contributed by atoms with Crippen LogP contribution in [0.1, 0.15) is 52.8 Å². The summed E-state index contributed by atoms with van der Waals surface area (Å²) < 4.78 is 60.6. The lowest BCUT2D eigenvalue weighted by Crippen LogP contribution is -2.35. The van der Waals surface area contributed by atoms with Crippen molar-refractivity contribution in [1.29, 1.82) is 0 Å². The number of pyridine rings is 1. The lowest BCUT2D eigenvalue weighted by atomic mass is 10.0. The third-order valence-electron chi connectivity index (χ3n) is 7.24. The highest BCUT2D eigenvalue weighted by molar-refractivity contribution is 6.03. The zero-order chi connectivity index (χ0) is 29.1. The summed E-state index contributed by atoms with van der Waals surface area (Å²) in [7, 11) is 0. The van der Waals surface area contributed by atoms with E-state index in [1.54, 1.807) is 21.9 Å². The fourth-order valence-corrected chi connectivity index (χ4v) is 5.14. The molecule has 1 aromatic carbocycles. The number of nitrogens with one attached hydrogen (secondary N) is 1. The number of alkyl halides is 3. The van der Waals surface area contributed by atoms with Gasteiger partial charge in [-0.25, -0.2) is 9.37 Å². The average Bonchev–Trinajstić information content (AvgIpc) is 3.27. The number of aromatic nitrogens is 2. The second kappa shape index (κ2) is 11.8. The Balaban J connectivity index is 1.24. The molecule has 2 aliphatic heterocycles. The molecule has 2 amide bonds. The molecule has 1 atom stereocenters. The van der Waals surface area contributed by atoms with Gasteiger partial charge < -0.3 is 24.4 Å². The Labute approximate surface area is 234 Å². The normalized spacial score (nSPS) is 18.3. The first kappa shape index (κ1) is 28.4. The first-order valence-corrected chi connectivity index (χ1v) is 13.5. The van der Waals surface area contributed by atoms with E-state index in [4.69, 9.17) is 4.42 Å². The van der Waals surface area contributed by atoms with E-state index in [1.165, 1.54) is 30.5 Å². The van der Waals surface area contributed by atoms with E-state index in [2.05, 4.69) is 15.3 Å². The van der Waals surface area contributed by atoms with E-state index in [0.717, 1.165) is 12.8 Å². The van der Waals surface area contributed by atoms with Crippen molar-refractivity contribution in [2.24, 2.45) is 5.92 Å². The summed E-state index contributed by atoms with van der Waals surface area (Å²) in [5.74, 6) is -2.08. The van der Waals surface area contributed by atoms with E-state index in [-0.39, 0.29) is 29.1 Å². The van der Waals surface area contributed by atoms with Crippen LogP contribution < -0.4 is 15.1 Å². The third kappa shape index (κ3) is 6.44. The molecule has 13 heteroatoms. The van der Waals surface area contributed by atoms with Crippen LogP contribution in [0.4, 0.5) is 35.1 Å². The van der Waals surface area contributed by atoms with Crippen LogP contribution in [0, 0.1) is 11.7 Å².